The fourth-order valence-electron chi connectivity index (χ4n) is 5.96. The summed E-state index contributed by atoms with van der Waals surface area (Å²) in [6.45, 7) is 1.21. The lowest BCUT2D eigenvalue weighted by Gasteiger charge is -2.36. The van der Waals surface area contributed by atoms with E-state index in [1.807, 2.05) is 0 Å². The van der Waals surface area contributed by atoms with E-state index < -0.39 is 72.4 Å². The van der Waals surface area contributed by atoms with Gasteiger partial charge in [0.25, 0.3) is 5.34 Å². The van der Waals surface area contributed by atoms with Crippen LogP contribution in [0.4, 0.5) is 5.69 Å². The minimum atomic E-state index is -4.65. The van der Waals surface area contributed by atoms with Gasteiger partial charge in [-0.15, -0.1) is 4.36 Å². The number of aliphatic hydroxyl groups excluding tert-OH is 2. The lowest BCUT2D eigenvalue weighted by molar-refractivity contribution is -0.150. The van der Waals surface area contributed by atoms with Crippen molar-refractivity contribution in [3.63, 3.8) is 0 Å². The van der Waals surface area contributed by atoms with Gasteiger partial charge in [-0.05, 0) is 45.6 Å². The van der Waals surface area contributed by atoms with Crippen molar-refractivity contribution < 1.29 is 51.8 Å². The summed E-state index contributed by atoms with van der Waals surface area (Å²) in [5.41, 5.74) is 1.01. The third-order valence-corrected chi connectivity index (χ3v) is 12.3. The van der Waals surface area contributed by atoms with E-state index >= 15 is 0 Å². The highest BCUT2D eigenvalue weighted by atomic mass is 35.5. The Balaban J connectivity index is 1.44. The van der Waals surface area contributed by atoms with Crippen molar-refractivity contribution in [2.24, 2.45) is 10.3 Å². The van der Waals surface area contributed by atoms with Crippen LogP contribution in [0, 0.1) is 5.92 Å². The van der Waals surface area contributed by atoms with Crippen LogP contribution in [0.2, 0.25) is 5.15 Å². The average molecular weight is 751 g/mol. The Bertz CT molecular complexity index is 1690. The molecule has 0 spiro atoms. The van der Waals surface area contributed by atoms with Crippen LogP contribution in [-0.4, -0.2) is 110 Å². The van der Waals surface area contributed by atoms with Crippen LogP contribution >= 0.6 is 19.2 Å². The molecule has 2 aliphatic carbocycles. The van der Waals surface area contributed by atoms with Gasteiger partial charge in [0.05, 0.1) is 43.7 Å². The average Bonchev–Trinajstić information content (AvgIpc) is 3.51. The number of aliphatic hydroxyl groups is 2. The molecular weight excluding hydrogens is 707 g/mol. The molecule has 2 aromatic heterocycles. The number of pyridine rings is 1. The first-order valence-corrected chi connectivity index (χ1v) is 20.0. The number of carbonyl (C=O) groups is 2. The second-order valence-electron chi connectivity index (χ2n) is 12.3. The number of fused-ring (bicyclic) bond motifs is 1. The standard InChI is InChI=1S/C29H44ClN6O11PS/c1-5-45-48(41,46-6-2)29(16-43-3,28(40)35-49(4,42)34-26(39)17-11-12-17)44-15-21-23(37)24(38)27(47-21)36-25-19(14-31-36)20(13-22(30)33-25)32-18-9-7-8-10-18/h13-14,17-18,21,23-24,27,37-38H,5-12,15-16H2,1-4H3,(H,32,33)(H,34,35,39,40,42)/t21-,23-,24-,27-,29+,49?/m1/s1. The lowest BCUT2D eigenvalue weighted by atomic mass is 10.1. The highest BCUT2D eigenvalue weighted by molar-refractivity contribution is 7.91. The molecule has 4 N–H and O–H groups in total. The van der Waals surface area contributed by atoms with Crippen molar-refractivity contribution in [1.29, 1.82) is 0 Å². The van der Waals surface area contributed by atoms with Gasteiger partial charge in [0.2, 0.25) is 5.91 Å². The monoisotopic (exact) mass is 750 g/mol. The molecule has 1 aliphatic heterocycles. The smallest absolute Gasteiger partial charge is 0.374 e. The first-order chi connectivity index (χ1) is 23.3. The summed E-state index contributed by atoms with van der Waals surface area (Å²) in [6, 6.07) is 1.97. The Morgan fingerprint density at radius 2 is 1.86 bits per heavy atom. The summed E-state index contributed by atoms with van der Waals surface area (Å²) in [5.74, 6) is -2.23. The van der Waals surface area contributed by atoms with E-state index in [1.165, 1.54) is 25.6 Å². The van der Waals surface area contributed by atoms with Crippen LogP contribution in [0.3, 0.4) is 0 Å². The summed E-state index contributed by atoms with van der Waals surface area (Å²) < 4.78 is 63.2. The predicted octanol–water partition coefficient (Wildman–Crippen LogP) is 2.75. The van der Waals surface area contributed by atoms with Crippen LogP contribution < -0.4 is 10.0 Å². The van der Waals surface area contributed by atoms with Gasteiger partial charge < -0.3 is 38.8 Å². The van der Waals surface area contributed by atoms with Crippen LogP contribution in [0.15, 0.2) is 16.6 Å². The van der Waals surface area contributed by atoms with Crippen molar-refractivity contribution in [3.8, 4) is 0 Å². The van der Waals surface area contributed by atoms with E-state index in [0.717, 1.165) is 37.6 Å². The van der Waals surface area contributed by atoms with Crippen molar-refractivity contribution >= 4 is 57.6 Å². The van der Waals surface area contributed by atoms with Crippen LogP contribution in [0.5, 0.6) is 0 Å². The first kappa shape index (κ1) is 38.0. The van der Waals surface area contributed by atoms with E-state index in [9.17, 15) is 28.6 Å². The number of nitrogens with zero attached hydrogens (tertiary/aromatic N) is 4. The van der Waals surface area contributed by atoms with Crippen molar-refractivity contribution in [1.82, 2.24) is 19.5 Å². The van der Waals surface area contributed by atoms with E-state index in [-0.39, 0.29) is 36.0 Å². The number of carbonyl (C=O) groups excluding carboxylic acids is 2. The van der Waals surface area contributed by atoms with E-state index in [4.69, 9.17) is 34.9 Å². The molecule has 2 saturated carbocycles. The minimum Gasteiger partial charge on any atom is -0.387 e. The second kappa shape index (κ2) is 15.6. The van der Waals surface area contributed by atoms with Crippen LogP contribution in [-0.2, 0) is 47.3 Å². The molecule has 2 amide bonds. The fourth-order valence-corrected chi connectivity index (χ4v) is 9.24. The Morgan fingerprint density at radius 1 is 1.18 bits per heavy atom. The summed E-state index contributed by atoms with van der Waals surface area (Å²) >= 11 is 6.37. The topological polar surface area (TPSA) is 222 Å². The fraction of sp³-hybridized carbons (Fsp3) is 0.724. The Kier molecular flexibility index (Phi) is 12.1. The minimum absolute atomic E-state index is 0.178. The molecule has 0 aromatic carbocycles. The largest absolute Gasteiger partial charge is 0.387 e. The first-order valence-electron chi connectivity index (χ1n) is 16.2. The van der Waals surface area contributed by atoms with Gasteiger partial charge in [-0.3, -0.25) is 18.9 Å². The van der Waals surface area contributed by atoms with Crippen molar-refractivity contribution in [2.75, 3.05) is 45.1 Å². The number of aromatic nitrogens is 3. The predicted molar refractivity (Wildman–Crippen MR) is 178 cm³/mol. The van der Waals surface area contributed by atoms with E-state index in [0.29, 0.717) is 18.2 Å². The summed E-state index contributed by atoms with van der Waals surface area (Å²) in [7, 11) is -7.16. The van der Waals surface area contributed by atoms with Gasteiger partial charge in [-0.1, -0.05) is 24.4 Å². The Morgan fingerprint density at radius 3 is 2.47 bits per heavy atom. The molecule has 5 rings (SSSR count). The SMILES string of the molecule is CCOP(=O)(OCC)[C@](COC)(OC[C@H]1O[C@@H](n2ncc3c(NC4CCCC4)cc(Cl)nc32)[C@H](O)[C@@H]1O)C(=O)N=S(C)(=O)NC(=O)C1CC1. The number of nitrogens with one attached hydrogen (secondary N) is 2. The molecule has 0 bridgehead atoms. The zero-order chi connectivity index (χ0) is 35.6. The molecule has 20 heteroatoms. The van der Waals surface area contributed by atoms with E-state index in [2.05, 4.69) is 24.5 Å². The maximum absolute atomic E-state index is 14.3. The number of methoxy groups -OCH3 is 1. The van der Waals surface area contributed by atoms with Gasteiger partial charge in [0, 0.05) is 25.3 Å². The molecule has 49 heavy (non-hydrogen) atoms. The van der Waals surface area contributed by atoms with Crippen molar-refractivity contribution in [3.05, 3.63) is 17.4 Å². The summed E-state index contributed by atoms with van der Waals surface area (Å²) in [6.07, 6.45) is 2.31. The highest BCUT2D eigenvalue weighted by Gasteiger charge is 2.60. The normalized spacial score (nSPS) is 25.6. The van der Waals surface area contributed by atoms with Gasteiger partial charge >= 0.3 is 13.5 Å². The van der Waals surface area contributed by atoms with E-state index in [1.54, 1.807) is 12.3 Å². The Labute approximate surface area is 289 Å². The maximum Gasteiger partial charge on any atom is 0.374 e. The molecule has 274 valence electrons. The molecule has 3 aliphatic rings. The van der Waals surface area contributed by atoms with Gasteiger partial charge in [-0.2, -0.15) is 5.10 Å². The zero-order valence-corrected chi connectivity index (χ0v) is 30.2. The molecule has 0 radical (unpaired) electrons. The van der Waals surface area contributed by atoms with Gasteiger partial charge in [-0.25, -0.2) is 13.9 Å². The molecule has 3 fully saturated rings. The zero-order valence-electron chi connectivity index (χ0n) is 27.8. The number of hydrogen-bond donors (Lipinski definition) is 4. The lowest BCUT2D eigenvalue weighted by Crippen LogP contribution is -2.49. The number of hydrogen-bond acceptors (Lipinski definition) is 14. The number of anilines is 1. The molecule has 17 nitrogen and oxygen atoms in total. The third-order valence-electron chi connectivity index (χ3n) is 8.52. The molecular formula is C29H44ClN6O11PS. The second-order valence-corrected chi connectivity index (χ2v) is 16.9. The molecule has 6 atom stereocenters. The van der Waals surface area contributed by atoms with Gasteiger partial charge in [0.1, 0.15) is 33.4 Å². The number of halogens is 1. The number of amides is 2. The Hall–Kier alpha value is -2.25. The number of ether oxygens (including phenoxy) is 3. The maximum atomic E-state index is 14.3. The van der Waals surface area contributed by atoms with Gasteiger partial charge in [0.15, 0.2) is 11.9 Å². The molecule has 1 unspecified atom stereocenters. The molecule has 3 heterocycles. The van der Waals surface area contributed by atoms with Crippen LogP contribution in [0.1, 0.15) is 58.6 Å². The third kappa shape index (κ3) is 8.14. The highest BCUT2D eigenvalue weighted by Crippen LogP contribution is 2.61. The van der Waals surface area contributed by atoms with Crippen LogP contribution in [0.25, 0.3) is 11.0 Å². The molecule has 1 saturated heterocycles. The number of rotatable bonds is 16. The summed E-state index contributed by atoms with van der Waals surface area (Å²) in [4.78, 5) is 30.7. The van der Waals surface area contributed by atoms with Crippen molar-refractivity contribution in [2.45, 2.75) is 88.3 Å². The quantitative estimate of drug-likeness (QED) is 0.143. The summed E-state index contributed by atoms with van der Waals surface area (Å²) in [5, 5.41) is 28.2. The molecule has 2 aromatic rings.